The second-order valence-electron chi connectivity index (χ2n) is 7.59. The molecule has 0 aromatic heterocycles. The van der Waals surface area contributed by atoms with E-state index in [2.05, 4.69) is 0 Å². The highest BCUT2D eigenvalue weighted by Crippen LogP contribution is 2.45. The molecule has 2 aliphatic rings. The van der Waals surface area contributed by atoms with Crippen LogP contribution in [0.25, 0.3) is 0 Å². The molecule has 0 heterocycles. The lowest BCUT2D eigenvalue weighted by atomic mass is 9.65. The maximum atomic E-state index is 13.7. The number of carbonyl (C=O) groups is 1. The summed E-state index contributed by atoms with van der Waals surface area (Å²) in [6.45, 7) is 0. The molecule has 2 aromatic carbocycles. The molecule has 130 valence electrons. The molecule has 25 heavy (non-hydrogen) atoms. The molecule has 0 bridgehead atoms. The third-order valence-corrected chi connectivity index (χ3v) is 6.14. The summed E-state index contributed by atoms with van der Waals surface area (Å²) in [7, 11) is 0. The second kappa shape index (κ2) is 7.43. The highest BCUT2D eigenvalue weighted by molar-refractivity contribution is 6.02. The van der Waals surface area contributed by atoms with Gasteiger partial charge in [-0.15, -0.1) is 0 Å². The standard InChI is InChI=1S/C23H27NO/c25-23(22-17-9-11-18-10-7-8-16-21(18)22)24(19-12-3-1-4-13-19)20-14-5-2-6-15-20/h1-6,12-15,18,21-22H,7-11,16-17H2. The zero-order valence-electron chi connectivity index (χ0n) is 14.8. The van der Waals surface area contributed by atoms with E-state index in [0.29, 0.717) is 11.8 Å². The fraction of sp³-hybridized carbons (Fsp3) is 0.435. The van der Waals surface area contributed by atoms with Crippen molar-refractivity contribution in [3.8, 4) is 0 Å². The minimum absolute atomic E-state index is 0.180. The van der Waals surface area contributed by atoms with Gasteiger partial charge >= 0.3 is 0 Å². The topological polar surface area (TPSA) is 20.3 Å². The van der Waals surface area contributed by atoms with Crippen LogP contribution in [0.3, 0.4) is 0 Å². The van der Waals surface area contributed by atoms with E-state index < -0.39 is 0 Å². The number of nitrogens with zero attached hydrogens (tertiary/aromatic N) is 1. The fourth-order valence-electron chi connectivity index (χ4n) is 4.97. The molecule has 2 saturated carbocycles. The van der Waals surface area contributed by atoms with Crippen molar-refractivity contribution in [1.82, 2.24) is 0 Å². The van der Waals surface area contributed by atoms with Crippen LogP contribution < -0.4 is 4.90 Å². The molecule has 3 atom stereocenters. The molecule has 0 spiro atoms. The summed E-state index contributed by atoms with van der Waals surface area (Å²) in [4.78, 5) is 15.6. The van der Waals surface area contributed by atoms with Gasteiger partial charge in [-0.05, 0) is 48.9 Å². The molecule has 2 aliphatic carbocycles. The Kier molecular flexibility index (Phi) is 4.87. The molecule has 0 saturated heterocycles. The third kappa shape index (κ3) is 3.35. The van der Waals surface area contributed by atoms with E-state index in [1.54, 1.807) is 0 Å². The molecule has 2 heteroatoms. The van der Waals surface area contributed by atoms with Gasteiger partial charge < -0.3 is 0 Å². The van der Waals surface area contributed by atoms with Crippen molar-refractivity contribution in [3.63, 3.8) is 0 Å². The van der Waals surface area contributed by atoms with Gasteiger partial charge in [0.15, 0.2) is 0 Å². The van der Waals surface area contributed by atoms with Gasteiger partial charge in [-0.25, -0.2) is 0 Å². The lowest BCUT2D eigenvalue weighted by Crippen LogP contribution is -2.42. The number of benzene rings is 2. The normalized spacial score (nSPS) is 25.8. The number of amides is 1. The Morgan fingerprint density at radius 2 is 1.28 bits per heavy atom. The number of carbonyl (C=O) groups excluding carboxylic acids is 1. The summed E-state index contributed by atoms with van der Waals surface area (Å²) in [5.41, 5.74) is 1.97. The molecule has 0 N–H and O–H groups in total. The summed E-state index contributed by atoms with van der Waals surface area (Å²) in [6.07, 6.45) is 8.78. The minimum Gasteiger partial charge on any atom is -0.281 e. The third-order valence-electron chi connectivity index (χ3n) is 6.14. The van der Waals surface area contributed by atoms with Crippen LogP contribution in [0.5, 0.6) is 0 Å². The van der Waals surface area contributed by atoms with Crippen LogP contribution in [-0.4, -0.2) is 5.91 Å². The van der Waals surface area contributed by atoms with E-state index in [9.17, 15) is 4.79 Å². The number of fused-ring (bicyclic) bond motifs is 1. The van der Waals surface area contributed by atoms with E-state index in [0.717, 1.165) is 23.7 Å². The molecular weight excluding hydrogens is 306 g/mol. The van der Waals surface area contributed by atoms with Gasteiger partial charge in [0, 0.05) is 17.3 Å². The number of para-hydroxylation sites is 2. The smallest absolute Gasteiger partial charge is 0.234 e. The predicted octanol–water partition coefficient (Wildman–Crippen LogP) is 5.96. The summed E-state index contributed by atoms with van der Waals surface area (Å²) < 4.78 is 0. The van der Waals surface area contributed by atoms with Gasteiger partial charge in [-0.2, -0.15) is 0 Å². The lowest BCUT2D eigenvalue weighted by molar-refractivity contribution is -0.126. The summed E-state index contributed by atoms with van der Waals surface area (Å²) in [5.74, 6) is 1.84. The average molecular weight is 333 g/mol. The Balaban J connectivity index is 1.68. The van der Waals surface area contributed by atoms with Crippen LogP contribution in [0.1, 0.15) is 44.9 Å². The minimum atomic E-state index is 0.180. The predicted molar refractivity (Wildman–Crippen MR) is 103 cm³/mol. The van der Waals surface area contributed by atoms with Crippen molar-refractivity contribution in [2.75, 3.05) is 4.90 Å². The van der Waals surface area contributed by atoms with Crippen LogP contribution >= 0.6 is 0 Å². The Morgan fingerprint density at radius 1 is 0.720 bits per heavy atom. The maximum Gasteiger partial charge on any atom is 0.234 e. The first-order valence-corrected chi connectivity index (χ1v) is 9.78. The van der Waals surface area contributed by atoms with Crippen LogP contribution in [0.4, 0.5) is 11.4 Å². The zero-order chi connectivity index (χ0) is 17.1. The molecule has 4 rings (SSSR count). The largest absolute Gasteiger partial charge is 0.281 e. The van der Waals surface area contributed by atoms with E-state index in [4.69, 9.17) is 0 Å². The van der Waals surface area contributed by atoms with E-state index in [1.165, 1.54) is 38.5 Å². The van der Waals surface area contributed by atoms with Crippen LogP contribution in [-0.2, 0) is 4.79 Å². The maximum absolute atomic E-state index is 13.7. The average Bonchev–Trinajstić information content (AvgIpc) is 2.69. The van der Waals surface area contributed by atoms with Crippen LogP contribution in [0.15, 0.2) is 60.7 Å². The molecule has 3 unspecified atom stereocenters. The van der Waals surface area contributed by atoms with Crippen molar-refractivity contribution >= 4 is 17.3 Å². The van der Waals surface area contributed by atoms with Crippen LogP contribution in [0, 0.1) is 17.8 Å². The second-order valence-corrected chi connectivity index (χ2v) is 7.59. The van der Waals surface area contributed by atoms with Crippen molar-refractivity contribution in [2.24, 2.45) is 17.8 Å². The van der Waals surface area contributed by atoms with E-state index in [-0.39, 0.29) is 5.92 Å². The van der Waals surface area contributed by atoms with Crippen LogP contribution in [0.2, 0.25) is 0 Å². The Bertz CT molecular complexity index is 655. The molecule has 0 aliphatic heterocycles. The highest BCUT2D eigenvalue weighted by Gasteiger charge is 2.40. The monoisotopic (exact) mass is 333 g/mol. The van der Waals surface area contributed by atoms with Crippen molar-refractivity contribution in [3.05, 3.63) is 60.7 Å². The number of rotatable bonds is 3. The highest BCUT2D eigenvalue weighted by atomic mass is 16.2. The van der Waals surface area contributed by atoms with Gasteiger partial charge in [0.25, 0.3) is 0 Å². The molecule has 2 fully saturated rings. The number of hydrogen-bond donors (Lipinski definition) is 0. The molecule has 2 aromatic rings. The Morgan fingerprint density at radius 3 is 1.92 bits per heavy atom. The fourth-order valence-corrected chi connectivity index (χ4v) is 4.97. The van der Waals surface area contributed by atoms with Crippen molar-refractivity contribution in [1.29, 1.82) is 0 Å². The number of hydrogen-bond acceptors (Lipinski definition) is 1. The quantitative estimate of drug-likeness (QED) is 0.679. The summed E-state index contributed by atoms with van der Waals surface area (Å²) in [5, 5.41) is 0. The zero-order valence-corrected chi connectivity index (χ0v) is 14.8. The molecular formula is C23H27NO. The molecule has 0 radical (unpaired) electrons. The SMILES string of the molecule is O=C(C1CCCC2CCCCC21)N(c1ccccc1)c1ccccc1. The van der Waals surface area contributed by atoms with Gasteiger partial charge in [0.05, 0.1) is 0 Å². The van der Waals surface area contributed by atoms with Gasteiger partial charge in [0.2, 0.25) is 5.91 Å². The molecule has 1 amide bonds. The van der Waals surface area contributed by atoms with E-state index >= 15 is 0 Å². The van der Waals surface area contributed by atoms with Gasteiger partial charge in [-0.1, -0.05) is 68.5 Å². The van der Waals surface area contributed by atoms with Gasteiger partial charge in [0.1, 0.15) is 0 Å². The first-order valence-electron chi connectivity index (χ1n) is 9.78. The first-order chi connectivity index (χ1) is 12.3. The first kappa shape index (κ1) is 16.4. The molecule has 2 nitrogen and oxygen atoms in total. The van der Waals surface area contributed by atoms with Crippen molar-refractivity contribution < 1.29 is 4.79 Å². The van der Waals surface area contributed by atoms with Gasteiger partial charge in [-0.3, -0.25) is 9.69 Å². The summed E-state index contributed by atoms with van der Waals surface area (Å²) >= 11 is 0. The Hall–Kier alpha value is -2.09. The lowest BCUT2D eigenvalue weighted by Gasteiger charge is -2.42. The number of anilines is 2. The summed E-state index contributed by atoms with van der Waals surface area (Å²) in [6, 6.07) is 20.3. The Labute approximate surface area is 150 Å². The van der Waals surface area contributed by atoms with E-state index in [1.807, 2.05) is 65.6 Å². The van der Waals surface area contributed by atoms with Crippen molar-refractivity contribution in [2.45, 2.75) is 44.9 Å².